The third kappa shape index (κ3) is 2.26. The molecule has 19 heavy (non-hydrogen) atoms. The van der Waals surface area contributed by atoms with Gasteiger partial charge in [-0.3, -0.25) is 0 Å². The maximum absolute atomic E-state index is 5.77. The highest BCUT2D eigenvalue weighted by Crippen LogP contribution is 2.61. The number of nitrogens with two attached hydrogens (primary N) is 1. The lowest BCUT2D eigenvalue weighted by molar-refractivity contribution is 0.0383. The number of aromatic nitrogens is 1. The zero-order chi connectivity index (χ0) is 12.9. The smallest absolute Gasteiger partial charge is 0.123 e. The summed E-state index contributed by atoms with van der Waals surface area (Å²) >= 11 is 2.21. The highest BCUT2D eigenvalue weighted by molar-refractivity contribution is 7.99. The van der Waals surface area contributed by atoms with E-state index in [-0.39, 0.29) is 0 Å². The van der Waals surface area contributed by atoms with Crippen molar-refractivity contribution in [2.75, 3.05) is 5.73 Å². The van der Waals surface area contributed by atoms with E-state index in [2.05, 4.69) is 22.8 Å². The molecule has 1 aromatic rings. The van der Waals surface area contributed by atoms with E-state index in [1.807, 2.05) is 12.3 Å². The minimum absolute atomic E-state index is 0.604. The summed E-state index contributed by atoms with van der Waals surface area (Å²) in [5.41, 5.74) is 7.12. The Morgan fingerprint density at radius 3 is 2.37 bits per heavy atom. The van der Waals surface area contributed by atoms with Gasteiger partial charge in [-0.15, -0.1) is 0 Å². The Morgan fingerprint density at radius 1 is 1.16 bits per heavy atom. The summed E-state index contributed by atoms with van der Waals surface area (Å²) in [5.74, 6) is 4.89. The molecule has 0 amide bonds. The number of nitrogen functional groups attached to an aromatic ring is 1. The predicted octanol–water partition coefficient (Wildman–Crippen LogP) is 3.87. The fourth-order valence-corrected chi connectivity index (χ4v) is 6.74. The Labute approximate surface area is 119 Å². The van der Waals surface area contributed by atoms with Crippen LogP contribution >= 0.6 is 11.8 Å². The Hall–Kier alpha value is -0.700. The van der Waals surface area contributed by atoms with Crippen molar-refractivity contribution in [3.05, 3.63) is 23.9 Å². The number of rotatable bonds is 3. The van der Waals surface area contributed by atoms with E-state index in [0.29, 0.717) is 10.6 Å². The summed E-state index contributed by atoms with van der Waals surface area (Å²) in [5, 5.41) is 0. The minimum Gasteiger partial charge on any atom is -0.384 e. The summed E-state index contributed by atoms with van der Waals surface area (Å²) in [6.07, 6.45) is 10.9. The van der Waals surface area contributed by atoms with Crippen LogP contribution in [0.4, 0.5) is 5.82 Å². The summed E-state index contributed by atoms with van der Waals surface area (Å²) in [6, 6.07) is 4.15. The van der Waals surface area contributed by atoms with E-state index in [9.17, 15) is 0 Å². The van der Waals surface area contributed by atoms with Crippen molar-refractivity contribution in [3.8, 4) is 0 Å². The van der Waals surface area contributed by atoms with Crippen LogP contribution in [0.15, 0.2) is 18.3 Å². The molecule has 4 aliphatic carbocycles. The summed E-state index contributed by atoms with van der Waals surface area (Å²) in [6.45, 7) is 0. The van der Waals surface area contributed by atoms with Crippen LogP contribution in [-0.4, -0.2) is 9.73 Å². The second-order valence-electron chi connectivity index (χ2n) is 6.98. The molecule has 0 atom stereocenters. The van der Waals surface area contributed by atoms with Crippen molar-refractivity contribution in [2.45, 2.75) is 49.0 Å². The van der Waals surface area contributed by atoms with Gasteiger partial charge in [0, 0.05) is 16.7 Å². The lowest BCUT2D eigenvalue weighted by Gasteiger charge is -2.56. The molecular formula is C16H22N2S. The first-order chi connectivity index (χ1) is 9.21. The van der Waals surface area contributed by atoms with Crippen molar-refractivity contribution in [1.82, 2.24) is 4.98 Å². The van der Waals surface area contributed by atoms with Crippen LogP contribution in [0.25, 0.3) is 0 Å². The molecule has 4 saturated carbocycles. The zero-order valence-electron chi connectivity index (χ0n) is 11.3. The maximum atomic E-state index is 5.77. The van der Waals surface area contributed by atoms with Gasteiger partial charge >= 0.3 is 0 Å². The third-order valence-corrected chi connectivity index (χ3v) is 6.96. The van der Waals surface area contributed by atoms with E-state index < -0.39 is 0 Å². The van der Waals surface area contributed by atoms with Crippen LogP contribution in [0, 0.1) is 17.8 Å². The van der Waals surface area contributed by atoms with Gasteiger partial charge in [-0.05, 0) is 74.0 Å². The van der Waals surface area contributed by atoms with Gasteiger partial charge < -0.3 is 5.73 Å². The Bertz CT molecular complexity index is 450. The molecule has 102 valence electrons. The highest BCUT2D eigenvalue weighted by Gasteiger charge is 2.50. The van der Waals surface area contributed by atoms with Crippen LogP contribution < -0.4 is 5.73 Å². The van der Waals surface area contributed by atoms with Gasteiger partial charge in [-0.25, -0.2) is 4.98 Å². The number of hydrogen-bond donors (Lipinski definition) is 1. The maximum Gasteiger partial charge on any atom is 0.123 e. The topological polar surface area (TPSA) is 38.9 Å². The van der Waals surface area contributed by atoms with Gasteiger partial charge in [-0.2, -0.15) is 11.8 Å². The summed E-state index contributed by atoms with van der Waals surface area (Å²) in [7, 11) is 0. The Kier molecular flexibility index (Phi) is 2.80. The van der Waals surface area contributed by atoms with Crippen molar-refractivity contribution in [2.24, 2.45) is 17.8 Å². The molecule has 4 aliphatic rings. The Balaban J connectivity index is 1.48. The first-order valence-electron chi connectivity index (χ1n) is 7.55. The average Bonchev–Trinajstić information content (AvgIpc) is 2.35. The molecule has 5 rings (SSSR count). The minimum atomic E-state index is 0.604. The van der Waals surface area contributed by atoms with Gasteiger partial charge in [0.05, 0.1) is 0 Å². The number of pyridine rings is 1. The van der Waals surface area contributed by atoms with Crippen LogP contribution in [-0.2, 0) is 5.75 Å². The van der Waals surface area contributed by atoms with E-state index in [0.717, 1.165) is 23.5 Å². The standard InChI is InChI=1S/C16H22N2S/c17-15-6-11(1-2-18-15)10-19-16-7-12-3-13(8-16)5-14(4-12)9-16/h1-2,6,12-14H,3-5,7-10H2,(H2,17,18). The fraction of sp³-hybridized carbons (Fsp3) is 0.688. The van der Waals surface area contributed by atoms with Gasteiger partial charge in [-0.1, -0.05) is 0 Å². The summed E-state index contributed by atoms with van der Waals surface area (Å²) < 4.78 is 0.604. The SMILES string of the molecule is Nc1cc(CSC23CC4CC(CC(C4)C2)C3)ccn1. The number of anilines is 1. The molecule has 0 spiro atoms. The quantitative estimate of drug-likeness (QED) is 0.909. The van der Waals surface area contributed by atoms with E-state index in [1.54, 1.807) is 0 Å². The molecule has 0 radical (unpaired) electrons. The fourth-order valence-electron chi connectivity index (χ4n) is 5.03. The second-order valence-corrected chi connectivity index (χ2v) is 8.42. The Morgan fingerprint density at radius 2 is 1.79 bits per heavy atom. The van der Waals surface area contributed by atoms with Crippen LogP contribution in [0.2, 0.25) is 0 Å². The summed E-state index contributed by atoms with van der Waals surface area (Å²) in [4.78, 5) is 4.08. The van der Waals surface area contributed by atoms with Gasteiger partial charge in [0.1, 0.15) is 5.82 Å². The van der Waals surface area contributed by atoms with Crippen molar-refractivity contribution in [1.29, 1.82) is 0 Å². The van der Waals surface area contributed by atoms with Crippen LogP contribution in [0.1, 0.15) is 44.1 Å². The average molecular weight is 274 g/mol. The predicted molar refractivity (Wildman–Crippen MR) is 80.8 cm³/mol. The normalized spacial score (nSPS) is 39.7. The number of thioether (sulfide) groups is 1. The van der Waals surface area contributed by atoms with Crippen LogP contribution in [0.3, 0.4) is 0 Å². The molecule has 0 aromatic carbocycles. The van der Waals surface area contributed by atoms with Crippen molar-refractivity contribution in [3.63, 3.8) is 0 Å². The van der Waals surface area contributed by atoms with Crippen molar-refractivity contribution >= 4 is 17.6 Å². The first-order valence-corrected chi connectivity index (χ1v) is 8.54. The molecule has 4 fully saturated rings. The molecule has 1 aromatic heterocycles. The van der Waals surface area contributed by atoms with Gasteiger partial charge in [0.2, 0.25) is 0 Å². The first kappa shape index (κ1) is 12.1. The molecule has 0 unspecified atom stereocenters. The van der Waals surface area contributed by atoms with Gasteiger partial charge in [0.25, 0.3) is 0 Å². The van der Waals surface area contributed by atoms with Crippen molar-refractivity contribution < 1.29 is 0 Å². The molecule has 0 saturated heterocycles. The monoisotopic (exact) mass is 274 g/mol. The molecule has 2 N–H and O–H groups in total. The number of nitrogens with zero attached hydrogens (tertiary/aromatic N) is 1. The molecular weight excluding hydrogens is 252 g/mol. The lowest BCUT2D eigenvalue weighted by atomic mass is 9.56. The van der Waals surface area contributed by atoms with E-state index in [4.69, 9.17) is 5.73 Å². The molecule has 3 heteroatoms. The van der Waals surface area contributed by atoms with E-state index in [1.165, 1.54) is 44.1 Å². The lowest BCUT2D eigenvalue weighted by Crippen LogP contribution is -2.48. The van der Waals surface area contributed by atoms with E-state index >= 15 is 0 Å². The second kappa shape index (κ2) is 4.41. The molecule has 0 aliphatic heterocycles. The van der Waals surface area contributed by atoms with Crippen LogP contribution in [0.5, 0.6) is 0 Å². The largest absolute Gasteiger partial charge is 0.384 e. The zero-order valence-corrected chi connectivity index (χ0v) is 12.2. The number of hydrogen-bond acceptors (Lipinski definition) is 3. The molecule has 2 nitrogen and oxygen atoms in total. The third-order valence-electron chi connectivity index (χ3n) is 5.37. The molecule has 1 heterocycles. The highest BCUT2D eigenvalue weighted by atomic mass is 32.2. The van der Waals surface area contributed by atoms with Gasteiger partial charge in [0.15, 0.2) is 0 Å². The molecule has 4 bridgehead atoms.